The Morgan fingerprint density at radius 3 is 2.58 bits per heavy atom. The number of amides is 2. The number of nitrogens with one attached hydrogen (secondary N) is 3. The fraction of sp³-hybridized carbons (Fsp3) is 0.348. The summed E-state index contributed by atoms with van der Waals surface area (Å²) in [5.41, 5.74) is 3.44. The lowest BCUT2D eigenvalue weighted by Gasteiger charge is -2.36. The van der Waals surface area contributed by atoms with Crippen LogP contribution in [0, 0.1) is 0 Å². The Hall–Kier alpha value is -2.92. The van der Waals surface area contributed by atoms with Gasteiger partial charge < -0.3 is 25.2 Å². The fourth-order valence-corrected chi connectivity index (χ4v) is 4.32. The Labute approximate surface area is 196 Å². The number of aliphatic hydroxyl groups excluding tert-OH is 1. The molecule has 9 nitrogen and oxygen atoms in total. The predicted molar refractivity (Wildman–Crippen MR) is 125 cm³/mol. The Balaban J connectivity index is 1.49. The summed E-state index contributed by atoms with van der Waals surface area (Å²) in [7, 11) is 0. The lowest BCUT2D eigenvalue weighted by atomic mass is 10.0. The number of urea groups is 1. The van der Waals surface area contributed by atoms with Gasteiger partial charge in [0.15, 0.2) is 11.4 Å². The highest BCUT2D eigenvalue weighted by molar-refractivity contribution is 7.99. The van der Waals surface area contributed by atoms with Crippen LogP contribution in [-0.4, -0.2) is 44.7 Å². The molecule has 2 heterocycles. The summed E-state index contributed by atoms with van der Waals surface area (Å²) < 4.78 is 12.6. The van der Waals surface area contributed by atoms with Crippen LogP contribution in [0.2, 0.25) is 0 Å². The van der Waals surface area contributed by atoms with Crippen molar-refractivity contribution in [3.63, 3.8) is 0 Å². The van der Waals surface area contributed by atoms with Crippen molar-refractivity contribution in [2.24, 2.45) is 0 Å². The third kappa shape index (κ3) is 6.32. The number of thioether (sulfide) groups is 1. The summed E-state index contributed by atoms with van der Waals surface area (Å²) in [5, 5.41) is 22.3. The number of carbonyl (C=O) groups is 1. The third-order valence-electron chi connectivity index (χ3n) is 5.19. The number of rotatable bonds is 8. The van der Waals surface area contributed by atoms with Crippen molar-refractivity contribution in [1.29, 1.82) is 0 Å². The second-order valence-electron chi connectivity index (χ2n) is 7.56. The van der Waals surface area contributed by atoms with Crippen LogP contribution in [0.15, 0.2) is 60.0 Å². The van der Waals surface area contributed by atoms with E-state index in [2.05, 4.69) is 25.8 Å². The highest BCUT2D eigenvalue weighted by Gasteiger charge is 2.32. The quantitative estimate of drug-likeness (QED) is 0.371. The van der Waals surface area contributed by atoms with Crippen LogP contribution >= 0.6 is 11.8 Å². The number of aromatic amines is 1. The summed E-state index contributed by atoms with van der Waals surface area (Å²) in [4.78, 5) is 15.9. The molecule has 33 heavy (non-hydrogen) atoms. The van der Waals surface area contributed by atoms with Gasteiger partial charge in [-0.1, -0.05) is 48.2 Å². The summed E-state index contributed by atoms with van der Waals surface area (Å²) in [6, 6.07) is 15.0. The molecule has 0 spiro atoms. The summed E-state index contributed by atoms with van der Waals surface area (Å²) >= 11 is 1.55. The van der Waals surface area contributed by atoms with Crippen LogP contribution in [-0.2, 0) is 16.1 Å². The van der Waals surface area contributed by atoms with Gasteiger partial charge in [0.1, 0.15) is 6.33 Å². The van der Waals surface area contributed by atoms with Crippen LogP contribution in [0.5, 0.6) is 0 Å². The zero-order chi connectivity index (χ0) is 23.0. The number of aromatic nitrogens is 3. The Kier molecular flexibility index (Phi) is 7.95. The zero-order valence-corrected chi connectivity index (χ0v) is 19.0. The predicted octanol–water partition coefficient (Wildman–Crippen LogP) is 3.78. The highest BCUT2D eigenvalue weighted by atomic mass is 32.2. The second-order valence-corrected chi connectivity index (χ2v) is 8.57. The number of hydrogen-bond donors (Lipinski definition) is 4. The number of nitrogens with zero attached hydrogens (tertiary/aromatic N) is 2. The van der Waals surface area contributed by atoms with E-state index in [9.17, 15) is 9.90 Å². The van der Waals surface area contributed by atoms with Gasteiger partial charge in [-0.2, -0.15) is 5.10 Å². The van der Waals surface area contributed by atoms with Gasteiger partial charge in [0.2, 0.25) is 0 Å². The van der Waals surface area contributed by atoms with Gasteiger partial charge in [0, 0.05) is 30.0 Å². The van der Waals surface area contributed by atoms with Crippen LogP contribution in [0.4, 0.5) is 10.5 Å². The van der Waals surface area contributed by atoms with Crippen molar-refractivity contribution in [3.8, 4) is 0 Å². The van der Waals surface area contributed by atoms with Gasteiger partial charge in [-0.15, -0.1) is 0 Å². The molecule has 4 rings (SSSR count). The molecular weight excluding hydrogens is 442 g/mol. The van der Waals surface area contributed by atoms with E-state index in [0.29, 0.717) is 24.4 Å². The molecule has 1 aromatic heterocycles. The maximum Gasteiger partial charge on any atom is 0.319 e. The van der Waals surface area contributed by atoms with Gasteiger partial charge in [-0.25, -0.2) is 9.78 Å². The van der Waals surface area contributed by atoms with Crippen molar-refractivity contribution in [3.05, 3.63) is 71.5 Å². The van der Waals surface area contributed by atoms with Crippen molar-refractivity contribution in [2.75, 3.05) is 17.6 Å². The molecule has 1 aliphatic heterocycles. The Bertz CT molecular complexity index is 1010. The maximum absolute atomic E-state index is 11.8. The monoisotopic (exact) mass is 469 g/mol. The molecule has 1 aliphatic rings. The molecule has 0 saturated carbocycles. The van der Waals surface area contributed by atoms with E-state index in [1.807, 2.05) is 55.5 Å². The number of benzene rings is 2. The van der Waals surface area contributed by atoms with Gasteiger partial charge in [0.05, 0.1) is 18.8 Å². The van der Waals surface area contributed by atoms with E-state index in [0.717, 1.165) is 21.8 Å². The number of carbonyl (C=O) groups excluding carboxylic acids is 1. The third-order valence-corrected chi connectivity index (χ3v) is 6.20. The van der Waals surface area contributed by atoms with E-state index < -0.39 is 6.29 Å². The van der Waals surface area contributed by atoms with Gasteiger partial charge in [0.25, 0.3) is 0 Å². The van der Waals surface area contributed by atoms with Crippen LogP contribution in [0.25, 0.3) is 0 Å². The minimum absolute atomic E-state index is 0.00461. The zero-order valence-electron chi connectivity index (χ0n) is 18.2. The molecule has 3 aromatic rings. The highest BCUT2D eigenvalue weighted by Crippen LogP contribution is 2.39. The minimum Gasteiger partial charge on any atom is -0.392 e. The molecule has 0 unspecified atom stereocenters. The molecule has 0 radical (unpaired) electrons. The standard InChI is InChI=1S/C23H27N5O4S/c1-2-24-22(30)27-18-9-7-17(8-10-18)21-31-19(13-33-23-25-14-26-28-23)11-20(32-21)16-5-3-15(12-29)4-6-16/h3-10,14,19-21,29H,2,11-13H2,1H3,(H2,24,27,30)(H,25,26,28)/t19-,20+,21+/m1/s1. The molecule has 1 fully saturated rings. The number of hydrogen-bond acceptors (Lipinski definition) is 7. The normalized spacial score (nSPS) is 20.4. The first-order valence-electron chi connectivity index (χ1n) is 10.8. The Morgan fingerprint density at radius 2 is 1.91 bits per heavy atom. The van der Waals surface area contributed by atoms with Crippen LogP contribution < -0.4 is 10.6 Å². The first-order chi connectivity index (χ1) is 16.1. The van der Waals surface area contributed by atoms with Gasteiger partial charge in [-0.3, -0.25) is 5.10 Å². The van der Waals surface area contributed by atoms with Gasteiger partial charge >= 0.3 is 6.03 Å². The maximum atomic E-state index is 11.8. The molecule has 1 saturated heterocycles. The molecule has 174 valence electrons. The topological polar surface area (TPSA) is 121 Å². The first kappa shape index (κ1) is 23.2. The molecule has 0 bridgehead atoms. The number of aliphatic hydroxyl groups is 1. The van der Waals surface area contributed by atoms with E-state index in [-0.39, 0.29) is 24.8 Å². The van der Waals surface area contributed by atoms with E-state index in [1.54, 1.807) is 11.8 Å². The van der Waals surface area contributed by atoms with E-state index >= 15 is 0 Å². The molecule has 2 aromatic carbocycles. The van der Waals surface area contributed by atoms with Crippen molar-refractivity contribution in [2.45, 2.75) is 43.6 Å². The molecule has 10 heteroatoms. The van der Waals surface area contributed by atoms with Crippen molar-refractivity contribution < 1.29 is 19.4 Å². The smallest absolute Gasteiger partial charge is 0.319 e. The fourth-order valence-electron chi connectivity index (χ4n) is 3.52. The number of H-pyrrole nitrogens is 1. The molecule has 0 aliphatic carbocycles. The summed E-state index contributed by atoms with van der Waals surface area (Å²) in [6.07, 6.45) is 1.38. The number of ether oxygens (including phenoxy) is 2. The molecular formula is C23H27N5O4S. The lowest BCUT2D eigenvalue weighted by Crippen LogP contribution is -2.31. The second kappa shape index (κ2) is 11.3. The Morgan fingerprint density at radius 1 is 1.15 bits per heavy atom. The van der Waals surface area contributed by atoms with Crippen molar-refractivity contribution in [1.82, 2.24) is 20.5 Å². The van der Waals surface area contributed by atoms with E-state index in [1.165, 1.54) is 6.33 Å². The average Bonchev–Trinajstić information content (AvgIpc) is 3.37. The lowest BCUT2D eigenvalue weighted by molar-refractivity contribution is -0.245. The van der Waals surface area contributed by atoms with E-state index in [4.69, 9.17) is 9.47 Å². The molecule has 4 N–H and O–H groups in total. The largest absolute Gasteiger partial charge is 0.392 e. The molecule has 2 amide bonds. The van der Waals surface area contributed by atoms with Crippen LogP contribution in [0.3, 0.4) is 0 Å². The summed E-state index contributed by atoms with van der Waals surface area (Å²) in [5.74, 6) is 0.692. The number of anilines is 1. The van der Waals surface area contributed by atoms with Gasteiger partial charge in [-0.05, 0) is 30.2 Å². The summed E-state index contributed by atoms with van der Waals surface area (Å²) in [6.45, 7) is 2.43. The van der Waals surface area contributed by atoms with Crippen molar-refractivity contribution >= 4 is 23.5 Å². The minimum atomic E-state index is -0.555. The van der Waals surface area contributed by atoms with Crippen LogP contribution in [0.1, 0.15) is 42.4 Å². The first-order valence-corrected chi connectivity index (χ1v) is 11.8. The SMILES string of the molecule is CCNC(=O)Nc1ccc([C@H]2O[C@@H](CSc3ncn[nH]3)C[C@@H](c3ccc(CO)cc3)O2)cc1. The molecule has 3 atom stereocenters. The average molecular weight is 470 g/mol.